The fourth-order valence-electron chi connectivity index (χ4n) is 3.24. The fraction of sp³-hybridized carbons (Fsp3) is 0.375. The lowest BCUT2D eigenvalue weighted by Gasteiger charge is -2.27. The SMILES string of the molecule is CC/C=C1\N(C(=O)C(F)(F)F)CCC12C=Nc1ccccc12. The Labute approximate surface area is 126 Å². The number of aliphatic imine (C=N–C) groups is 1. The normalized spacial score (nSPS) is 25.3. The van der Waals surface area contributed by atoms with Crippen molar-refractivity contribution in [3.8, 4) is 0 Å². The molecule has 116 valence electrons. The Morgan fingerprint density at radius 2 is 2.14 bits per heavy atom. The third kappa shape index (κ3) is 2.05. The molecule has 1 aromatic rings. The number of para-hydroxylation sites is 1. The predicted octanol–water partition coefficient (Wildman–Crippen LogP) is 3.73. The molecule has 1 spiro atoms. The summed E-state index contributed by atoms with van der Waals surface area (Å²) < 4.78 is 38.5. The lowest BCUT2D eigenvalue weighted by molar-refractivity contribution is -0.182. The molecule has 0 aromatic heterocycles. The highest BCUT2D eigenvalue weighted by Gasteiger charge is 2.53. The highest BCUT2D eigenvalue weighted by Crippen LogP contribution is 2.49. The maximum atomic E-state index is 12.8. The molecule has 6 heteroatoms. The average Bonchev–Trinajstić information content (AvgIpc) is 3.02. The largest absolute Gasteiger partial charge is 0.471 e. The Bertz CT molecular complexity index is 678. The number of carbonyl (C=O) groups is 1. The Morgan fingerprint density at radius 1 is 1.41 bits per heavy atom. The van der Waals surface area contributed by atoms with Gasteiger partial charge in [-0.2, -0.15) is 13.2 Å². The van der Waals surface area contributed by atoms with Crippen LogP contribution in [0.2, 0.25) is 0 Å². The van der Waals surface area contributed by atoms with E-state index in [0.29, 0.717) is 18.5 Å². The maximum absolute atomic E-state index is 12.8. The number of halogens is 3. The predicted molar refractivity (Wildman–Crippen MR) is 77.0 cm³/mol. The van der Waals surface area contributed by atoms with Crippen molar-refractivity contribution in [2.24, 2.45) is 4.99 Å². The molecular weight excluding hydrogens is 293 g/mol. The zero-order valence-electron chi connectivity index (χ0n) is 12.0. The first-order valence-corrected chi connectivity index (χ1v) is 7.14. The number of alkyl halides is 3. The van der Waals surface area contributed by atoms with E-state index in [1.165, 1.54) is 0 Å². The number of hydrogen-bond acceptors (Lipinski definition) is 2. The summed E-state index contributed by atoms with van der Waals surface area (Å²) in [6.45, 7) is 1.89. The molecule has 1 amide bonds. The van der Waals surface area contributed by atoms with Gasteiger partial charge >= 0.3 is 12.1 Å². The van der Waals surface area contributed by atoms with Crippen LogP contribution in [0.4, 0.5) is 18.9 Å². The molecule has 2 aliphatic rings. The van der Waals surface area contributed by atoms with Gasteiger partial charge in [-0.1, -0.05) is 31.2 Å². The second-order valence-corrected chi connectivity index (χ2v) is 5.45. The van der Waals surface area contributed by atoms with Gasteiger partial charge in [0.05, 0.1) is 11.1 Å². The number of fused-ring (bicyclic) bond motifs is 2. The molecule has 3 nitrogen and oxygen atoms in total. The summed E-state index contributed by atoms with van der Waals surface area (Å²) in [4.78, 5) is 16.9. The van der Waals surface area contributed by atoms with Gasteiger partial charge < -0.3 is 4.90 Å². The van der Waals surface area contributed by atoms with Gasteiger partial charge in [0.25, 0.3) is 0 Å². The van der Waals surface area contributed by atoms with E-state index < -0.39 is 17.5 Å². The molecule has 0 radical (unpaired) electrons. The fourth-order valence-corrected chi connectivity index (χ4v) is 3.24. The molecule has 0 bridgehead atoms. The average molecular weight is 308 g/mol. The minimum Gasteiger partial charge on any atom is -0.307 e. The van der Waals surface area contributed by atoms with Gasteiger partial charge in [-0.25, -0.2) is 0 Å². The maximum Gasteiger partial charge on any atom is 0.471 e. The number of allylic oxidation sites excluding steroid dienone is 2. The van der Waals surface area contributed by atoms with E-state index in [1.54, 1.807) is 12.3 Å². The van der Waals surface area contributed by atoms with Crippen molar-refractivity contribution in [3.05, 3.63) is 41.6 Å². The first-order valence-electron chi connectivity index (χ1n) is 7.14. The van der Waals surface area contributed by atoms with Crippen LogP contribution in [0.25, 0.3) is 0 Å². The number of amides is 1. The second kappa shape index (κ2) is 4.97. The Balaban J connectivity index is 2.08. The van der Waals surface area contributed by atoms with Crippen molar-refractivity contribution in [3.63, 3.8) is 0 Å². The van der Waals surface area contributed by atoms with Crippen LogP contribution in [0, 0.1) is 0 Å². The second-order valence-electron chi connectivity index (χ2n) is 5.45. The van der Waals surface area contributed by atoms with Crippen molar-refractivity contribution in [2.75, 3.05) is 6.54 Å². The molecule has 22 heavy (non-hydrogen) atoms. The van der Waals surface area contributed by atoms with E-state index in [0.717, 1.165) is 16.2 Å². The number of likely N-dealkylation sites (tertiary alicyclic amines) is 1. The first kappa shape index (κ1) is 14.8. The molecular formula is C16H15F3N2O. The van der Waals surface area contributed by atoms with Crippen LogP contribution in [-0.4, -0.2) is 29.7 Å². The van der Waals surface area contributed by atoms with Crippen LogP contribution in [0.1, 0.15) is 25.3 Å². The van der Waals surface area contributed by atoms with Gasteiger partial charge in [0.2, 0.25) is 0 Å². The van der Waals surface area contributed by atoms with Crippen LogP contribution in [0.5, 0.6) is 0 Å². The number of hydrogen-bond donors (Lipinski definition) is 0. The van der Waals surface area contributed by atoms with Gasteiger partial charge in [0.15, 0.2) is 0 Å². The summed E-state index contributed by atoms with van der Waals surface area (Å²) >= 11 is 0. The van der Waals surface area contributed by atoms with E-state index in [-0.39, 0.29) is 6.54 Å². The van der Waals surface area contributed by atoms with Crippen molar-refractivity contribution in [2.45, 2.75) is 31.4 Å². The van der Waals surface area contributed by atoms with Crippen molar-refractivity contribution in [1.29, 1.82) is 0 Å². The minimum absolute atomic E-state index is 0.0462. The molecule has 3 rings (SSSR count). The van der Waals surface area contributed by atoms with E-state index in [2.05, 4.69) is 4.99 Å². The summed E-state index contributed by atoms with van der Waals surface area (Å²) in [5.41, 5.74) is 1.30. The topological polar surface area (TPSA) is 32.7 Å². The van der Waals surface area contributed by atoms with Gasteiger partial charge in [0, 0.05) is 18.5 Å². The highest BCUT2D eigenvalue weighted by atomic mass is 19.4. The molecule has 1 saturated heterocycles. The smallest absolute Gasteiger partial charge is 0.307 e. The van der Waals surface area contributed by atoms with Crippen LogP contribution < -0.4 is 0 Å². The molecule has 1 atom stereocenters. The quantitative estimate of drug-likeness (QED) is 0.778. The van der Waals surface area contributed by atoms with Gasteiger partial charge in [-0.15, -0.1) is 0 Å². The van der Waals surface area contributed by atoms with Crippen LogP contribution in [-0.2, 0) is 10.2 Å². The van der Waals surface area contributed by atoms with Crippen molar-refractivity contribution in [1.82, 2.24) is 4.90 Å². The molecule has 0 saturated carbocycles. The number of nitrogens with zero attached hydrogens (tertiary/aromatic N) is 2. The zero-order valence-corrected chi connectivity index (χ0v) is 12.0. The molecule has 2 aliphatic heterocycles. The van der Waals surface area contributed by atoms with E-state index in [9.17, 15) is 18.0 Å². The molecule has 0 aliphatic carbocycles. The first-order chi connectivity index (χ1) is 10.4. The minimum atomic E-state index is -4.87. The molecule has 2 heterocycles. The summed E-state index contributed by atoms with van der Waals surface area (Å²) in [6, 6.07) is 7.38. The van der Waals surface area contributed by atoms with Crippen LogP contribution >= 0.6 is 0 Å². The molecule has 0 N–H and O–H groups in total. The van der Waals surface area contributed by atoms with Crippen molar-refractivity contribution < 1.29 is 18.0 Å². The van der Waals surface area contributed by atoms with Crippen LogP contribution in [0.3, 0.4) is 0 Å². The molecule has 1 aromatic carbocycles. The summed E-state index contributed by atoms with van der Waals surface area (Å²) in [5, 5.41) is 0. The summed E-state index contributed by atoms with van der Waals surface area (Å²) in [5.74, 6) is -1.80. The van der Waals surface area contributed by atoms with Gasteiger partial charge in [0.1, 0.15) is 0 Å². The lowest BCUT2D eigenvalue weighted by Crippen LogP contribution is -2.40. The Hall–Kier alpha value is -2.11. The standard InChI is InChI=1S/C16H15F3N2O/c1-2-5-13-15(8-9-21(13)14(22)16(17,18)19)10-20-12-7-4-3-6-11(12)15/h3-7,10H,2,8-9H2,1H3/b13-5-. The van der Waals surface area contributed by atoms with Crippen molar-refractivity contribution >= 4 is 17.8 Å². The third-order valence-corrected chi connectivity index (χ3v) is 4.17. The Kier molecular flexibility index (Phi) is 3.34. The molecule has 1 unspecified atom stereocenters. The van der Waals surface area contributed by atoms with E-state index in [1.807, 2.05) is 31.2 Å². The summed E-state index contributed by atoms with van der Waals surface area (Å²) in [6.07, 6.45) is -0.517. The Morgan fingerprint density at radius 3 is 2.82 bits per heavy atom. The highest BCUT2D eigenvalue weighted by molar-refractivity contribution is 5.93. The van der Waals surface area contributed by atoms with E-state index in [4.69, 9.17) is 0 Å². The third-order valence-electron chi connectivity index (χ3n) is 4.17. The monoisotopic (exact) mass is 308 g/mol. The lowest BCUT2D eigenvalue weighted by atomic mass is 9.78. The molecule has 1 fully saturated rings. The zero-order chi connectivity index (χ0) is 16.0. The van der Waals surface area contributed by atoms with Gasteiger partial charge in [-0.05, 0) is 24.5 Å². The number of benzene rings is 1. The van der Waals surface area contributed by atoms with Gasteiger partial charge in [-0.3, -0.25) is 9.79 Å². The summed E-state index contributed by atoms with van der Waals surface area (Å²) in [7, 11) is 0. The van der Waals surface area contributed by atoms with E-state index >= 15 is 0 Å². The number of rotatable bonds is 1. The van der Waals surface area contributed by atoms with Crippen LogP contribution in [0.15, 0.2) is 41.0 Å². The number of carbonyl (C=O) groups excluding carboxylic acids is 1.